The first-order valence-electron chi connectivity index (χ1n) is 13.2. The van der Waals surface area contributed by atoms with Gasteiger partial charge in [0.15, 0.2) is 0 Å². The number of benzene rings is 3. The number of carbonyl (C=O) groups excluding carboxylic acids is 2. The Balaban J connectivity index is 1.18. The molecule has 2 amide bonds. The number of aliphatic carboxylic acids is 1. The monoisotopic (exact) mass is 512 g/mol. The first kappa shape index (κ1) is 25.5. The van der Waals surface area contributed by atoms with Crippen LogP contribution in [0.1, 0.15) is 48.3 Å². The standard InChI is InChI=1S/C31H32N2O5/c34-29(35)19-33(18-21-9-2-1-3-10-21)30(36)22-11-8-12-23(17-22)32-31(37)38-20-28-26-15-6-4-13-24(26)25-14-5-7-16-27(25)28/h1-7,9-10,13-16,22-23,28H,8,11-12,17-20H2,(H,32,37)(H,34,35). The number of hydrogen-bond acceptors (Lipinski definition) is 4. The number of nitrogens with one attached hydrogen (secondary N) is 1. The fourth-order valence-electron chi connectivity index (χ4n) is 5.79. The molecule has 2 N–H and O–H groups in total. The maximum absolute atomic E-state index is 13.3. The summed E-state index contributed by atoms with van der Waals surface area (Å²) >= 11 is 0. The van der Waals surface area contributed by atoms with Crippen LogP contribution in [0.2, 0.25) is 0 Å². The zero-order chi connectivity index (χ0) is 26.5. The van der Waals surface area contributed by atoms with E-state index in [0.29, 0.717) is 12.8 Å². The van der Waals surface area contributed by atoms with Crippen molar-refractivity contribution in [2.75, 3.05) is 13.2 Å². The van der Waals surface area contributed by atoms with E-state index in [1.807, 2.05) is 54.6 Å². The van der Waals surface area contributed by atoms with Crippen molar-refractivity contribution in [3.8, 4) is 11.1 Å². The van der Waals surface area contributed by atoms with Crippen molar-refractivity contribution < 1.29 is 24.2 Å². The molecule has 2 aliphatic carbocycles. The van der Waals surface area contributed by atoms with Crippen molar-refractivity contribution in [3.63, 3.8) is 0 Å². The molecule has 196 valence electrons. The van der Waals surface area contributed by atoms with Gasteiger partial charge in [0.25, 0.3) is 0 Å². The van der Waals surface area contributed by atoms with Crippen LogP contribution in [0.15, 0.2) is 78.9 Å². The van der Waals surface area contributed by atoms with Crippen LogP contribution in [-0.2, 0) is 20.9 Å². The van der Waals surface area contributed by atoms with E-state index >= 15 is 0 Å². The Hall–Kier alpha value is -4.13. The Bertz CT molecular complexity index is 1260. The van der Waals surface area contributed by atoms with Crippen LogP contribution in [0.4, 0.5) is 4.79 Å². The summed E-state index contributed by atoms with van der Waals surface area (Å²) in [4.78, 5) is 39.0. The second-order valence-corrected chi connectivity index (χ2v) is 10.1. The van der Waals surface area contributed by atoms with Gasteiger partial charge in [0, 0.05) is 24.4 Å². The largest absolute Gasteiger partial charge is 0.480 e. The van der Waals surface area contributed by atoms with E-state index in [1.54, 1.807) is 0 Å². The number of alkyl carbamates (subject to hydrolysis) is 1. The molecular weight excluding hydrogens is 480 g/mol. The molecule has 2 unspecified atom stereocenters. The number of hydrogen-bond donors (Lipinski definition) is 2. The topological polar surface area (TPSA) is 95.9 Å². The fourth-order valence-corrected chi connectivity index (χ4v) is 5.79. The number of amides is 2. The lowest BCUT2D eigenvalue weighted by molar-refractivity contribution is -0.147. The van der Waals surface area contributed by atoms with E-state index in [1.165, 1.54) is 16.0 Å². The van der Waals surface area contributed by atoms with Gasteiger partial charge in [-0.05, 0) is 47.1 Å². The van der Waals surface area contributed by atoms with Crippen LogP contribution in [0.3, 0.4) is 0 Å². The predicted molar refractivity (Wildman–Crippen MR) is 143 cm³/mol. The van der Waals surface area contributed by atoms with Crippen LogP contribution >= 0.6 is 0 Å². The maximum atomic E-state index is 13.3. The highest BCUT2D eigenvalue weighted by atomic mass is 16.5. The third-order valence-electron chi connectivity index (χ3n) is 7.54. The Morgan fingerprint density at radius 2 is 1.50 bits per heavy atom. The zero-order valence-electron chi connectivity index (χ0n) is 21.2. The molecule has 3 aromatic carbocycles. The van der Waals surface area contributed by atoms with E-state index in [2.05, 4.69) is 29.6 Å². The molecule has 5 rings (SSSR count). The molecule has 0 aromatic heterocycles. The third kappa shape index (κ3) is 5.72. The maximum Gasteiger partial charge on any atom is 0.407 e. The van der Waals surface area contributed by atoms with Crippen LogP contribution < -0.4 is 5.32 Å². The molecule has 0 saturated heterocycles. The van der Waals surface area contributed by atoms with Gasteiger partial charge in [-0.2, -0.15) is 0 Å². The molecule has 1 saturated carbocycles. The van der Waals surface area contributed by atoms with Crippen LogP contribution in [-0.4, -0.2) is 47.2 Å². The van der Waals surface area contributed by atoms with Gasteiger partial charge < -0.3 is 20.1 Å². The normalized spacial score (nSPS) is 18.2. The molecule has 0 bridgehead atoms. The summed E-state index contributed by atoms with van der Waals surface area (Å²) in [6.07, 6.45) is 2.18. The highest BCUT2D eigenvalue weighted by molar-refractivity contribution is 5.83. The van der Waals surface area contributed by atoms with E-state index in [0.717, 1.165) is 29.5 Å². The minimum Gasteiger partial charge on any atom is -0.480 e. The SMILES string of the molecule is O=C(O)CN(Cc1ccccc1)C(=O)C1CCCC(NC(=O)OCC2c3ccccc3-c3ccccc32)C1. The van der Waals surface area contributed by atoms with Gasteiger partial charge in [0.1, 0.15) is 13.2 Å². The molecule has 0 radical (unpaired) electrons. The smallest absolute Gasteiger partial charge is 0.407 e. The molecule has 1 fully saturated rings. The van der Waals surface area contributed by atoms with Gasteiger partial charge in [-0.15, -0.1) is 0 Å². The molecule has 0 spiro atoms. The highest BCUT2D eigenvalue weighted by Gasteiger charge is 2.33. The van der Waals surface area contributed by atoms with Crippen LogP contribution in [0, 0.1) is 5.92 Å². The van der Waals surface area contributed by atoms with Crippen molar-refractivity contribution in [1.29, 1.82) is 0 Å². The molecular formula is C31H32N2O5. The van der Waals surface area contributed by atoms with Crippen molar-refractivity contribution in [3.05, 3.63) is 95.6 Å². The molecule has 38 heavy (non-hydrogen) atoms. The molecule has 0 aliphatic heterocycles. The second-order valence-electron chi connectivity index (χ2n) is 10.1. The van der Waals surface area contributed by atoms with E-state index < -0.39 is 12.1 Å². The van der Waals surface area contributed by atoms with E-state index in [9.17, 15) is 19.5 Å². The molecule has 3 aromatic rings. The number of fused-ring (bicyclic) bond motifs is 3. The number of ether oxygens (including phenoxy) is 1. The Labute approximate surface area is 222 Å². The van der Waals surface area contributed by atoms with Gasteiger partial charge in [-0.3, -0.25) is 9.59 Å². The summed E-state index contributed by atoms with van der Waals surface area (Å²) in [5.74, 6) is -1.59. The first-order chi connectivity index (χ1) is 18.5. The summed E-state index contributed by atoms with van der Waals surface area (Å²) in [7, 11) is 0. The Morgan fingerprint density at radius 3 is 2.16 bits per heavy atom. The predicted octanol–water partition coefficient (Wildman–Crippen LogP) is 5.20. The third-order valence-corrected chi connectivity index (χ3v) is 7.54. The number of rotatable bonds is 8. The van der Waals surface area contributed by atoms with E-state index in [4.69, 9.17) is 4.74 Å². The van der Waals surface area contributed by atoms with E-state index in [-0.39, 0.29) is 43.5 Å². The number of nitrogens with zero attached hydrogens (tertiary/aromatic N) is 1. The van der Waals surface area contributed by atoms with Crippen molar-refractivity contribution in [2.24, 2.45) is 5.92 Å². The first-order valence-corrected chi connectivity index (χ1v) is 13.2. The zero-order valence-corrected chi connectivity index (χ0v) is 21.2. The number of carboxylic acids is 1. The molecule has 2 atom stereocenters. The minimum atomic E-state index is -1.04. The lowest BCUT2D eigenvalue weighted by Crippen LogP contribution is -2.45. The van der Waals surface area contributed by atoms with Gasteiger partial charge in [0.2, 0.25) is 5.91 Å². The summed E-state index contributed by atoms with van der Waals surface area (Å²) in [6.45, 7) is 0.125. The van der Waals surface area contributed by atoms with Gasteiger partial charge in [-0.1, -0.05) is 85.3 Å². The minimum absolute atomic E-state index is 0.0172. The fraction of sp³-hybridized carbons (Fsp3) is 0.323. The van der Waals surface area contributed by atoms with Gasteiger partial charge >= 0.3 is 12.1 Å². The Morgan fingerprint density at radius 1 is 0.868 bits per heavy atom. The second kappa shape index (κ2) is 11.5. The average Bonchev–Trinajstić information content (AvgIpc) is 3.25. The highest BCUT2D eigenvalue weighted by Crippen LogP contribution is 2.44. The molecule has 2 aliphatic rings. The van der Waals surface area contributed by atoms with Crippen molar-refractivity contribution in [2.45, 2.75) is 44.2 Å². The number of carboxylic acid groups (broad SMARTS) is 1. The summed E-state index contributed by atoms with van der Waals surface area (Å²) in [5.41, 5.74) is 5.54. The lowest BCUT2D eigenvalue weighted by Gasteiger charge is -2.32. The van der Waals surface area contributed by atoms with Gasteiger partial charge in [-0.25, -0.2) is 4.79 Å². The average molecular weight is 513 g/mol. The molecule has 0 heterocycles. The molecule has 7 heteroatoms. The van der Waals surface area contributed by atoms with Crippen molar-refractivity contribution in [1.82, 2.24) is 10.2 Å². The lowest BCUT2D eigenvalue weighted by atomic mass is 9.84. The van der Waals surface area contributed by atoms with Crippen LogP contribution in [0.25, 0.3) is 11.1 Å². The Kier molecular flexibility index (Phi) is 7.73. The number of carbonyl (C=O) groups is 3. The van der Waals surface area contributed by atoms with Crippen molar-refractivity contribution >= 4 is 18.0 Å². The quantitative estimate of drug-likeness (QED) is 0.433. The summed E-state index contributed by atoms with van der Waals surface area (Å²) in [5, 5.41) is 12.3. The van der Waals surface area contributed by atoms with Crippen LogP contribution in [0.5, 0.6) is 0 Å². The summed E-state index contributed by atoms with van der Waals surface area (Å²) in [6, 6.07) is 25.6. The molecule has 7 nitrogen and oxygen atoms in total. The summed E-state index contributed by atoms with van der Waals surface area (Å²) < 4.78 is 5.69. The van der Waals surface area contributed by atoms with Gasteiger partial charge in [0.05, 0.1) is 0 Å².